The Hall–Kier alpha value is -0.870. The van der Waals surface area contributed by atoms with E-state index in [1.54, 1.807) is 0 Å². The number of benzene rings is 1. The van der Waals surface area contributed by atoms with Gasteiger partial charge in [0.15, 0.2) is 0 Å². The number of halogens is 5. The van der Waals surface area contributed by atoms with Crippen LogP contribution in [-0.4, -0.2) is 19.3 Å². The van der Waals surface area contributed by atoms with Crippen molar-refractivity contribution < 1.29 is 13.2 Å². The van der Waals surface area contributed by atoms with Crippen molar-refractivity contribution in [3.05, 3.63) is 40.9 Å². The summed E-state index contributed by atoms with van der Waals surface area (Å²) in [7, 11) is 0. The molecular formula is C11H10Cl2F3N. The minimum Gasteiger partial charge on any atom is -0.358 e. The van der Waals surface area contributed by atoms with Crippen molar-refractivity contribution in [2.75, 3.05) is 18.0 Å². The minimum atomic E-state index is -4.31. The second-order valence-corrected chi connectivity index (χ2v) is 4.22. The monoisotopic (exact) mass is 283 g/mol. The summed E-state index contributed by atoms with van der Waals surface area (Å²) >= 11 is 11.6. The molecule has 0 saturated carbocycles. The predicted molar refractivity (Wildman–Crippen MR) is 64.9 cm³/mol. The topological polar surface area (TPSA) is 3.24 Å². The van der Waals surface area contributed by atoms with E-state index in [0.717, 1.165) is 4.90 Å². The highest BCUT2D eigenvalue weighted by Crippen LogP contribution is 2.31. The Balaban J connectivity index is 3.04. The molecule has 0 amide bonds. The van der Waals surface area contributed by atoms with Crippen molar-refractivity contribution in [1.82, 2.24) is 0 Å². The highest BCUT2D eigenvalue weighted by Gasteiger charge is 2.31. The second kappa shape index (κ2) is 5.65. The smallest absolute Gasteiger partial charge is 0.358 e. The molecule has 0 bridgehead atoms. The highest BCUT2D eigenvalue weighted by molar-refractivity contribution is 6.35. The fraction of sp³-hybridized carbons (Fsp3) is 0.273. The first kappa shape index (κ1) is 14.2. The Morgan fingerprint density at radius 1 is 1.29 bits per heavy atom. The lowest BCUT2D eigenvalue weighted by Crippen LogP contribution is -2.34. The van der Waals surface area contributed by atoms with Gasteiger partial charge < -0.3 is 4.90 Å². The van der Waals surface area contributed by atoms with E-state index in [1.807, 2.05) is 0 Å². The molecule has 0 atom stereocenters. The van der Waals surface area contributed by atoms with Crippen LogP contribution in [0, 0.1) is 0 Å². The van der Waals surface area contributed by atoms with Gasteiger partial charge in [-0.05, 0) is 18.2 Å². The molecule has 0 N–H and O–H groups in total. The SMILES string of the molecule is C=CCN(CC(F)(F)F)c1cc(Cl)ccc1Cl. The van der Waals surface area contributed by atoms with Gasteiger partial charge in [-0.3, -0.25) is 0 Å². The molecule has 0 spiro atoms. The van der Waals surface area contributed by atoms with Crippen LogP contribution in [0.2, 0.25) is 10.0 Å². The minimum absolute atomic E-state index is 0.0412. The third kappa shape index (κ3) is 4.48. The van der Waals surface area contributed by atoms with Crippen molar-refractivity contribution >= 4 is 28.9 Å². The van der Waals surface area contributed by atoms with Crippen LogP contribution in [0.5, 0.6) is 0 Å². The van der Waals surface area contributed by atoms with E-state index >= 15 is 0 Å². The molecule has 1 rings (SSSR count). The predicted octanol–water partition coefficient (Wildman–Crippen LogP) is 4.55. The number of alkyl halides is 3. The maximum Gasteiger partial charge on any atom is 0.405 e. The van der Waals surface area contributed by atoms with Crippen molar-refractivity contribution in [3.63, 3.8) is 0 Å². The Bertz CT molecular complexity index is 404. The van der Waals surface area contributed by atoms with Gasteiger partial charge >= 0.3 is 6.18 Å². The summed E-state index contributed by atoms with van der Waals surface area (Å²) in [5, 5.41) is 0.557. The molecule has 0 aliphatic heterocycles. The molecule has 17 heavy (non-hydrogen) atoms. The van der Waals surface area contributed by atoms with Crippen molar-refractivity contribution in [1.29, 1.82) is 0 Å². The van der Waals surface area contributed by atoms with Crippen LogP contribution >= 0.6 is 23.2 Å². The molecule has 1 aromatic rings. The Labute approximate surface area is 107 Å². The molecule has 1 nitrogen and oxygen atoms in total. The fourth-order valence-electron chi connectivity index (χ4n) is 1.35. The van der Waals surface area contributed by atoms with Crippen molar-refractivity contribution in [2.45, 2.75) is 6.18 Å². The molecule has 0 aromatic heterocycles. The van der Waals surface area contributed by atoms with Gasteiger partial charge in [0.2, 0.25) is 0 Å². The number of nitrogens with zero attached hydrogens (tertiary/aromatic N) is 1. The molecule has 6 heteroatoms. The van der Waals surface area contributed by atoms with Crippen LogP contribution in [-0.2, 0) is 0 Å². The molecule has 0 aliphatic carbocycles. The van der Waals surface area contributed by atoms with Crippen LogP contribution in [0.25, 0.3) is 0 Å². The molecule has 0 radical (unpaired) electrons. The highest BCUT2D eigenvalue weighted by atomic mass is 35.5. The Morgan fingerprint density at radius 2 is 1.94 bits per heavy atom. The van der Waals surface area contributed by atoms with E-state index in [0.29, 0.717) is 5.02 Å². The van der Waals surface area contributed by atoms with Crippen LogP contribution < -0.4 is 4.90 Å². The lowest BCUT2D eigenvalue weighted by atomic mass is 10.2. The normalized spacial score (nSPS) is 11.4. The number of hydrogen-bond donors (Lipinski definition) is 0. The Morgan fingerprint density at radius 3 is 2.47 bits per heavy atom. The molecule has 0 saturated heterocycles. The van der Waals surface area contributed by atoms with E-state index < -0.39 is 12.7 Å². The fourth-order valence-corrected chi connectivity index (χ4v) is 1.75. The van der Waals surface area contributed by atoms with Gasteiger partial charge in [0.1, 0.15) is 6.54 Å². The lowest BCUT2D eigenvalue weighted by Gasteiger charge is -2.25. The standard InChI is InChI=1S/C11H10Cl2F3N/c1-2-5-17(7-11(14,15)16)10-6-8(12)3-4-9(10)13/h2-4,6H,1,5,7H2. The average Bonchev–Trinajstić information content (AvgIpc) is 2.19. The zero-order chi connectivity index (χ0) is 13.1. The molecule has 94 valence electrons. The Kier molecular flexibility index (Phi) is 4.71. The van der Waals surface area contributed by atoms with Gasteiger partial charge in [-0.1, -0.05) is 29.3 Å². The zero-order valence-electron chi connectivity index (χ0n) is 8.77. The van der Waals surface area contributed by atoms with Gasteiger partial charge in [0.05, 0.1) is 10.7 Å². The van der Waals surface area contributed by atoms with Crippen molar-refractivity contribution in [3.8, 4) is 0 Å². The van der Waals surface area contributed by atoms with E-state index in [2.05, 4.69) is 6.58 Å². The molecule has 1 aromatic carbocycles. The van der Waals surface area contributed by atoms with Gasteiger partial charge in [-0.25, -0.2) is 0 Å². The summed E-state index contributed by atoms with van der Waals surface area (Å²) in [4.78, 5) is 1.07. The maximum absolute atomic E-state index is 12.4. The number of rotatable bonds is 4. The summed E-state index contributed by atoms with van der Waals surface area (Å²) in [5.41, 5.74) is 0.247. The van der Waals surface area contributed by atoms with Crippen LogP contribution in [0.15, 0.2) is 30.9 Å². The molecular weight excluding hydrogens is 274 g/mol. The zero-order valence-corrected chi connectivity index (χ0v) is 10.3. The first-order valence-corrected chi connectivity index (χ1v) is 5.46. The summed E-state index contributed by atoms with van der Waals surface area (Å²) in [6, 6.07) is 4.39. The maximum atomic E-state index is 12.4. The molecule has 0 heterocycles. The largest absolute Gasteiger partial charge is 0.405 e. The average molecular weight is 284 g/mol. The number of anilines is 1. The third-order valence-corrected chi connectivity index (χ3v) is 2.52. The summed E-state index contributed by atoms with van der Waals surface area (Å²) < 4.78 is 37.2. The molecule has 0 aliphatic rings. The van der Waals surface area contributed by atoms with E-state index in [1.165, 1.54) is 24.3 Å². The number of hydrogen-bond acceptors (Lipinski definition) is 1. The van der Waals surface area contributed by atoms with E-state index in [9.17, 15) is 13.2 Å². The molecule has 0 fully saturated rings. The quantitative estimate of drug-likeness (QED) is 0.733. The summed E-state index contributed by atoms with van der Waals surface area (Å²) in [6.07, 6.45) is -2.93. The summed E-state index contributed by atoms with van der Waals surface area (Å²) in [5.74, 6) is 0. The lowest BCUT2D eigenvalue weighted by molar-refractivity contribution is -0.119. The van der Waals surface area contributed by atoms with Crippen molar-refractivity contribution in [2.24, 2.45) is 0 Å². The van der Waals surface area contributed by atoms with Crippen LogP contribution in [0.3, 0.4) is 0 Å². The van der Waals surface area contributed by atoms with Gasteiger partial charge in [0.25, 0.3) is 0 Å². The summed E-state index contributed by atoms with van der Waals surface area (Å²) in [6.45, 7) is 2.37. The van der Waals surface area contributed by atoms with Gasteiger partial charge in [0, 0.05) is 11.6 Å². The first-order valence-electron chi connectivity index (χ1n) is 4.71. The van der Waals surface area contributed by atoms with E-state index in [-0.39, 0.29) is 17.3 Å². The second-order valence-electron chi connectivity index (χ2n) is 3.38. The van der Waals surface area contributed by atoms with Crippen LogP contribution in [0.1, 0.15) is 0 Å². The van der Waals surface area contributed by atoms with Gasteiger partial charge in [-0.15, -0.1) is 6.58 Å². The molecule has 0 unspecified atom stereocenters. The van der Waals surface area contributed by atoms with Crippen LogP contribution in [0.4, 0.5) is 18.9 Å². The third-order valence-electron chi connectivity index (χ3n) is 1.97. The van der Waals surface area contributed by atoms with Gasteiger partial charge in [-0.2, -0.15) is 13.2 Å². The van der Waals surface area contributed by atoms with E-state index in [4.69, 9.17) is 23.2 Å². The first-order chi connectivity index (χ1) is 7.83.